The average molecular weight is 199 g/mol. The first kappa shape index (κ1) is 12.7. The van der Waals surface area contributed by atoms with Gasteiger partial charge in [0.05, 0.1) is 6.61 Å². The molecule has 0 radical (unpaired) electrons. The number of carbonyl (C=O) groups is 2. The van der Waals surface area contributed by atoms with Gasteiger partial charge in [-0.2, -0.15) is 0 Å². The molecule has 4 nitrogen and oxygen atoms in total. The topological polar surface area (TPSA) is 46.6 Å². The van der Waals surface area contributed by atoms with Gasteiger partial charge in [0.15, 0.2) is 0 Å². The van der Waals surface area contributed by atoms with Gasteiger partial charge in [-0.25, -0.2) is 0 Å². The lowest BCUT2D eigenvalue weighted by Crippen LogP contribution is -2.35. The second-order valence-corrected chi connectivity index (χ2v) is 2.66. The van der Waals surface area contributed by atoms with Crippen LogP contribution in [0.4, 0.5) is 0 Å². The minimum absolute atomic E-state index is 0.0213. The largest absolute Gasteiger partial charge is 0.465 e. The maximum absolute atomic E-state index is 11.3. The molecule has 0 saturated carbocycles. The van der Waals surface area contributed by atoms with E-state index in [-0.39, 0.29) is 18.4 Å². The van der Waals surface area contributed by atoms with Crippen molar-refractivity contribution in [2.75, 3.05) is 19.7 Å². The molecule has 0 fully saturated rings. The molecule has 0 bridgehead atoms. The van der Waals surface area contributed by atoms with Gasteiger partial charge in [0.25, 0.3) is 0 Å². The second-order valence-electron chi connectivity index (χ2n) is 2.66. The molecule has 14 heavy (non-hydrogen) atoms. The number of rotatable bonds is 5. The summed E-state index contributed by atoms with van der Waals surface area (Å²) < 4.78 is 4.75. The maximum atomic E-state index is 11.3. The summed E-state index contributed by atoms with van der Waals surface area (Å²) in [6.45, 7) is 6.18. The Hall–Kier alpha value is -1.32. The molecule has 0 heterocycles. The zero-order valence-corrected chi connectivity index (χ0v) is 8.95. The van der Waals surface area contributed by atoms with Crippen molar-refractivity contribution in [3.05, 3.63) is 12.2 Å². The lowest BCUT2D eigenvalue weighted by molar-refractivity contribution is -0.147. The van der Waals surface area contributed by atoms with E-state index in [1.807, 2.05) is 6.92 Å². The van der Waals surface area contributed by atoms with Crippen molar-refractivity contribution in [3.8, 4) is 0 Å². The molecule has 0 aromatic carbocycles. The summed E-state index contributed by atoms with van der Waals surface area (Å²) in [6.07, 6.45) is 3.08. The number of carbonyl (C=O) groups excluding carboxylic acids is 2. The molecule has 0 atom stereocenters. The summed E-state index contributed by atoms with van der Waals surface area (Å²) in [6, 6.07) is 0. The van der Waals surface area contributed by atoms with Crippen LogP contribution in [0.1, 0.15) is 20.8 Å². The van der Waals surface area contributed by atoms with Crippen molar-refractivity contribution in [1.82, 2.24) is 4.90 Å². The van der Waals surface area contributed by atoms with Crippen molar-refractivity contribution < 1.29 is 14.3 Å². The summed E-state index contributed by atoms with van der Waals surface area (Å²) in [5, 5.41) is 0. The molecule has 0 unspecified atom stereocenters. The molecular weight excluding hydrogens is 182 g/mol. The second kappa shape index (κ2) is 7.12. The molecule has 1 amide bonds. The Labute approximate surface area is 84.5 Å². The lowest BCUT2D eigenvalue weighted by atomic mass is 10.4. The molecule has 0 N–H and O–H groups in total. The van der Waals surface area contributed by atoms with Gasteiger partial charge in [0, 0.05) is 6.54 Å². The van der Waals surface area contributed by atoms with E-state index in [9.17, 15) is 9.59 Å². The van der Waals surface area contributed by atoms with Crippen LogP contribution in [0.25, 0.3) is 0 Å². The Morgan fingerprint density at radius 1 is 1.36 bits per heavy atom. The fourth-order valence-corrected chi connectivity index (χ4v) is 0.956. The van der Waals surface area contributed by atoms with E-state index in [2.05, 4.69) is 0 Å². The van der Waals surface area contributed by atoms with Crippen LogP contribution in [0.3, 0.4) is 0 Å². The first-order chi connectivity index (χ1) is 6.65. The standard InChI is InChI=1S/C10H17NO3/c1-4-7-9(12)11(5-2)8-10(13)14-6-3/h4,7H,5-6,8H2,1-3H3. The molecule has 0 saturated heterocycles. The van der Waals surface area contributed by atoms with Crippen LogP contribution in [-0.4, -0.2) is 36.5 Å². The molecule has 0 rings (SSSR count). The predicted molar refractivity (Wildman–Crippen MR) is 53.7 cm³/mol. The molecule has 0 spiro atoms. The summed E-state index contributed by atoms with van der Waals surface area (Å²) >= 11 is 0. The average Bonchev–Trinajstić information content (AvgIpc) is 2.15. The highest BCUT2D eigenvalue weighted by atomic mass is 16.5. The van der Waals surface area contributed by atoms with Gasteiger partial charge in [0.2, 0.25) is 5.91 Å². The molecule has 80 valence electrons. The Balaban J connectivity index is 4.14. The van der Waals surface area contributed by atoms with Gasteiger partial charge in [-0.15, -0.1) is 0 Å². The van der Waals surface area contributed by atoms with Crippen LogP contribution < -0.4 is 0 Å². The van der Waals surface area contributed by atoms with E-state index < -0.39 is 0 Å². The quantitative estimate of drug-likeness (QED) is 0.489. The molecule has 4 heteroatoms. The zero-order chi connectivity index (χ0) is 11.0. The Bertz CT molecular complexity index is 223. The van der Waals surface area contributed by atoms with E-state index >= 15 is 0 Å². The number of hydrogen-bond donors (Lipinski definition) is 0. The zero-order valence-electron chi connectivity index (χ0n) is 8.95. The summed E-state index contributed by atoms with van der Waals surface area (Å²) in [5.74, 6) is -0.532. The van der Waals surface area contributed by atoms with Crippen molar-refractivity contribution in [3.63, 3.8) is 0 Å². The van der Waals surface area contributed by atoms with Crippen molar-refractivity contribution in [2.24, 2.45) is 0 Å². The van der Waals surface area contributed by atoms with Gasteiger partial charge >= 0.3 is 5.97 Å². The van der Waals surface area contributed by atoms with Gasteiger partial charge in [-0.3, -0.25) is 9.59 Å². The number of allylic oxidation sites excluding steroid dienone is 1. The van der Waals surface area contributed by atoms with E-state index in [1.165, 1.54) is 11.0 Å². The minimum atomic E-state index is -0.368. The minimum Gasteiger partial charge on any atom is -0.465 e. The van der Waals surface area contributed by atoms with Gasteiger partial charge < -0.3 is 9.64 Å². The third-order valence-electron chi connectivity index (χ3n) is 1.63. The molecule has 0 aromatic rings. The molecule has 0 aliphatic carbocycles. The van der Waals surface area contributed by atoms with E-state index in [4.69, 9.17) is 4.74 Å². The number of ether oxygens (including phenoxy) is 1. The highest BCUT2D eigenvalue weighted by molar-refractivity contribution is 5.90. The summed E-state index contributed by atoms with van der Waals surface area (Å²) in [4.78, 5) is 23.9. The smallest absolute Gasteiger partial charge is 0.325 e. The van der Waals surface area contributed by atoms with E-state index in [0.717, 1.165) is 0 Å². The fraction of sp³-hybridized carbons (Fsp3) is 0.600. The highest BCUT2D eigenvalue weighted by Gasteiger charge is 2.13. The number of esters is 1. The molecule has 0 aliphatic rings. The SMILES string of the molecule is CC=CC(=O)N(CC)CC(=O)OCC. The van der Waals surface area contributed by atoms with Gasteiger partial charge in [-0.05, 0) is 26.8 Å². The molecular formula is C10H17NO3. The summed E-state index contributed by atoms with van der Waals surface area (Å²) in [5.41, 5.74) is 0. The van der Waals surface area contributed by atoms with Crippen LogP contribution in [0, 0.1) is 0 Å². The number of likely N-dealkylation sites (N-methyl/N-ethyl adjacent to an activating group) is 1. The number of amides is 1. The van der Waals surface area contributed by atoms with Crippen LogP contribution >= 0.6 is 0 Å². The third-order valence-corrected chi connectivity index (χ3v) is 1.63. The third kappa shape index (κ3) is 4.64. The normalized spacial score (nSPS) is 10.2. The van der Waals surface area contributed by atoms with Crippen molar-refractivity contribution in [1.29, 1.82) is 0 Å². The lowest BCUT2D eigenvalue weighted by Gasteiger charge is -2.17. The summed E-state index contributed by atoms with van der Waals surface area (Å²) in [7, 11) is 0. The fourth-order valence-electron chi connectivity index (χ4n) is 0.956. The Morgan fingerprint density at radius 2 is 2.00 bits per heavy atom. The highest BCUT2D eigenvalue weighted by Crippen LogP contribution is 1.93. The predicted octanol–water partition coefficient (Wildman–Crippen LogP) is 0.974. The van der Waals surface area contributed by atoms with Crippen LogP contribution in [-0.2, 0) is 14.3 Å². The van der Waals surface area contributed by atoms with Gasteiger partial charge in [0.1, 0.15) is 6.54 Å². The van der Waals surface area contributed by atoms with Crippen LogP contribution in [0.5, 0.6) is 0 Å². The molecule has 0 aromatic heterocycles. The maximum Gasteiger partial charge on any atom is 0.325 e. The Kier molecular flexibility index (Phi) is 6.45. The van der Waals surface area contributed by atoms with Gasteiger partial charge in [-0.1, -0.05) is 6.08 Å². The Morgan fingerprint density at radius 3 is 2.43 bits per heavy atom. The van der Waals surface area contributed by atoms with Crippen LogP contribution in [0.2, 0.25) is 0 Å². The number of nitrogens with zero attached hydrogens (tertiary/aromatic N) is 1. The number of hydrogen-bond acceptors (Lipinski definition) is 3. The van der Waals surface area contributed by atoms with Crippen molar-refractivity contribution in [2.45, 2.75) is 20.8 Å². The van der Waals surface area contributed by atoms with Crippen molar-refractivity contribution >= 4 is 11.9 Å². The first-order valence-electron chi connectivity index (χ1n) is 4.72. The molecule has 0 aliphatic heterocycles. The monoisotopic (exact) mass is 199 g/mol. The van der Waals surface area contributed by atoms with E-state index in [1.54, 1.807) is 19.9 Å². The van der Waals surface area contributed by atoms with Crippen LogP contribution in [0.15, 0.2) is 12.2 Å². The first-order valence-corrected chi connectivity index (χ1v) is 4.72. The van der Waals surface area contributed by atoms with E-state index in [0.29, 0.717) is 13.2 Å².